The van der Waals surface area contributed by atoms with Crippen LogP contribution >= 0.6 is 0 Å². The summed E-state index contributed by atoms with van der Waals surface area (Å²) in [6.07, 6.45) is 0. The lowest BCUT2D eigenvalue weighted by Crippen LogP contribution is -2.29. The number of benzene rings is 1. The number of rotatable bonds is 6. The summed E-state index contributed by atoms with van der Waals surface area (Å²) >= 11 is 0. The van der Waals surface area contributed by atoms with Crippen LogP contribution in [-0.4, -0.2) is 27.6 Å². The van der Waals surface area contributed by atoms with Gasteiger partial charge in [0.1, 0.15) is 12.4 Å². The molecule has 6 heteroatoms. The molecule has 0 heterocycles. The fourth-order valence-electron chi connectivity index (χ4n) is 2.61. The zero-order valence-corrected chi connectivity index (χ0v) is 13.8. The van der Waals surface area contributed by atoms with Gasteiger partial charge >= 0.3 is 0 Å². The van der Waals surface area contributed by atoms with E-state index in [1.165, 1.54) is 0 Å². The van der Waals surface area contributed by atoms with Gasteiger partial charge in [-0.05, 0) is 35.1 Å². The van der Waals surface area contributed by atoms with Crippen molar-refractivity contribution in [1.82, 2.24) is 4.72 Å². The van der Waals surface area contributed by atoms with Crippen molar-refractivity contribution in [3.05, 3.63) is 24.3 Å². The largest absolute Gasteiger partial charge is 0.492 e. The van der Waals surface area contributed by atoms with Crippen molar-refractivity contribution in [2.45, 2.75) is 38.6 Å². The Hall–Kier alpha value is -1.11. The molecule has 1 aromatic carbocycles. The van der Waals surface area contributed by atoms with Crippen LogP contribution in [0, 0.1) is 10.8 Å². The molecule has 0 bridgehead atoms. The molecule has 1 saturated carbocycles. The minimum absolute atomic E-state index is 0.0375. The lowest BCUT2D eigenvalue weighted by molar-refractivity contribution is 0.328. The van der Waals surface area contributed by atoms with Crippen LogP contribution in [0.25, 0.3) is 0 Å². The SMILES string of the molecule is CC1(C)C(NS(=O)(=O)c2ccc(OCCN)cc2)C1(C)C. The lowest BCUT2D eigenvalue weighted by atomic mass is 10.0. The van der Waals surface area contributed by atoms with E-state index in [1.54, 1.807) is 24.3 Å². The first-order chi connectivity index (χ1) is 9.63. The second-order valence-corrected chi connectivity index (χ2v) is 8.32. The molecular weight excluding hydrogens is 288 g/mol. The van der Waals surface area contributed by atoms with Gasteiger partial charge in [-0.25, -0.2) is 13.1 Å². The summed E-state index contributed by atoms with van der Waals surface area (Å²) in [4.78, 5) is 0.251. The summed E-state index contributed by atoms with van der Waals surface area (Å²) in [7, 11) is -3.51. The van der Waals surface area contributed by atoms with Gasteiger partial charge in [-0.15, -0.1) is 0 Å². The molecule has 5 nitrogen and oxygen atoms in total. The molecule has 21 heavy (non-hydrogen) atoms. The number of nitrogens with one attached hydrogen (secondary N) is 1. The van der Waals surface area contributed by atoms with Crippen molar-refractivity contribution in [2.24, 2.45) is 16.6 Å². The smallest absolute Gasteiger partial charge is 0.240 e. The van der Waals surface area contributed by atoms with Gasteiger partial charge < -0.3 is 10.5 Å². The van der Waals surface area contributed by atoms with Crippen LogP contribution in [0.1, 0.15) is 27.7 Å². The van der Waals surface area contributed by atoms with Gasteiger partial charge in [0.05, 0.1) is 4.90 Å². The molecule has 0 spiro atoms. The lowest BCUT2D eigenvalue weighted by Gasteiger charge is -2.09. The molecule has 0 radical (unpaired) electrons. The maximum atomic E-state index is 12.4. The molecule has 1 aliphatic carbocycles. The highest BCUT2D eigenvalue weighted by atomic mass is 32.2. The van der Waals surface area contributed by atoms with E-state index < -0.39 is 10.0 Å². The van der Waals surface area contributed by atoms with Crippen LogP contribution in [-0.2, 0) is 10.0 Å². The molecule has 1 aliphatic rings. The van der Waals surface area contributed by atoms with E-state index in [0.29, 0.717) is 18.9 Å². The van der Waals surface area contributed by atoms with Gasteiger partial charge in [0.2, 0.25) is 10.0 Å². The van der Waals surface area contributed by atoms with Crippen molar-refractivity contribution in [2.75, 3.05) is 13.2 Å². The Balaban J connectivity index is 2.10. The van der Waals surface area contributed by atoms with Crippen molar-refractivity contribution >= 4 is 10.0 Å². The third-order valence-corrected chi connectivity index (χ3v) is 6.25. The average Bonchev–Trinajstić information content (AvgIpc) is 2.79. The van der Waals surface area contributed by atoms with Crippen LogP contribution in [0.3, 0.4) is 0 Å². The van der Waals surface area contributed by atoms with E-state index >= 15 is 0 Å². The highest BCUT2D eigenvalue weighted by Gasteiger charge is 2.65. The normalized spacial score (nSPS) is 20.2. The van der Waals surface area contributed by atoms with E-state index in [9.17, 15) is 8.42 Å². The molecule has 1 aromatic rings. The molecule has 0 aromatic heterocycles. The van der Waals surface area contributed by atoms with Gasteiger partial charge in [-0.3, -0.25) is 0 Å². The molecule has 0 aliphatic heterocycles. The molecule has 0 amide bonds. The molecule has 0 saturated heterocycles. The van der Waals surface area contributed by atoms with Crippen LogP contribution in [0.15, 0.2) is 29.2 Å². The summed E-state index contributed by atoms with van der Waals surface area (Å²) in [5.74, 6) is 0.617. The predicted molar refractivity (Wildman–Crippen MR) is 82.7 cm³/mol. The molecule has 118 valence electrons. The number of ether oxygens (including phenoxy) is 1. The molecule has 2 rings (SSSR count). The monoisotopic (exact) mass is 312 g/mol. The van der Waals surface area contributed by atoms with E-state index in [4.69, 9.17) is 10.5 Å². The summed E-state index contributed by atoms with van der Waals surface area (Å²) < 4.78 is 33.0. The molecule has 3 N–H and O–H groups in total. The summed E-state index contributed by atoms with van der Waals surface area (Å²) in [5.41, 5.74) is 5.28. The minimum Gasteiger partial charge on any atom is -0.492 e. The number of nitrogens with two attached hydrogens (primary N) is 1. The Morgan fingerprint density at radius 2 is 1.67 bits per heavy atom. The third kappa shape index (κ3) is 2.93. The zero-order chi connectivity index (χ0) is 15.9. The van der Waals surface area contributed by atoms with E-state index in [-0.39, 0.29) is 21.8 Å². The predicted octanol–water partition coefficient (Wildman–Crippen LogP) is 1.74. The third-order valence-electron chi connectivity index (χ3n) is 4.81. The Bertz CT molecular complexity index is 592. The van der Waals surface area contributed by atoms with Crippen LogP contribution < -0.4 is 15.2 Å². The highest BCUT2D eigenvalue weighted by Crippen LogP contribution is 2.62. The second kappa shape index (κ2) is 5.26. The maximum Gasteiger partial charge on any atom is 0.240 e. The van der Waals surface area contributed by atoms with Gasteiger partial charge in [-0.1, -0.05) is 27.7 Å². The van der Waals surface area contributed by atoms with Gasteiger partial charge in [0, 0.05) is 12.6 Å². The fourth-order valence-corrected chi connectivity index (χ4v) is 4.14. The van der Waals surface area contributed by atoms with Gasteiger partial charge in [-0.2, -0.15) is 0 Å². The van der Waals surface area contributed by atoms with Crippen molar-refractivity contribution in [3.8, 4) is 5.75 Å². The first-order valence-corrected chi connectivity index (χ1v) is 8.56. The quantitative estimate of drug-likeness (QED) is 0.838. The van der Waals surface area contributed by atoms with Crippen LogP contribution in [0.4, 0.5) is 0 Å². The number of hydrogen-bond acceptors (Lipinski definition) is 4. The van der Waals surface area contributed by atoms with Crippen molar-refractivity contribution in [1.29, 1.82) is 0 Å². The molecule has 1 fully saturated rings. The Labute approximate surface area is 126 Å². The molecule has 0 unspecified atom stereocenters. The van der Waals surface area contributed by atoms with E-state index in [1.807, 2.05) is 0 Å². The van der Waals surface area contributed by atoms with Gasteiger partial charge in [0.15, 0.2) is 0 Å². The second-order valence-electron chi connectivity index (χ2n) is 6.61. The minimum atomic E-state index is -3.51. The van der Waals surface area contributed by atoms with Crippen LogP contribution in [0.2, 0.25) is 0 Å². The summed E-state index contributed by atoms with van der Waals surface area (Å²) in [6, 6.07) is 6.34. The van der Waals surface area contributed by atoms with Crippen molar-refractivity contribution < 1.29 is 13.2 Å². The number of sulfonamides is 1. The standard InChI is InChI=1S/C15H24N2O3S/c1-14(2)13(15(14,3)4)17-21(18,19)12-7-5-11(6-8-12)20-10-9-16/h5-8,13,17H,9-10,16H2,1-4H3. The molecular formula is C15H24N2O3S. The highest BCUT2D eigenvalue weighted by molar-refractivity contribution is 7.89. The molecule has 0 atom stereocenters. The Morgan fingerprint density at radius 3 is 2.10 bits per heavy atom. The maximum absolute atomic E-state index is 12.4. The number of hydrogen-bond donors (Lipinski definition) is 2. The van der Waals surface area contributed by atoms with Crippen molar-refractivity contribution in [3.63, 3.8) is 0 Å². The summed E-state index contributed by atoms with van der Waals surface area (Å²) in [6.45, 7) is 9.13. The topological polar surface area (TPSA) is 81.4 Å². The zero-order valence-electron chi connectivity index (χ0n) is 13.0. The first-order valence-electron chi connectivity index (χ1n) is 7.08. The first kappa shape index (κ1) is 16.3. The van der Waals surface area contributed by atoms with E-state index in [2.05, 4.69) is 32.4 Å². The van der Waals surface area contributed by atoms with Crippen LogP contribution in [0.5, 0.6) is 5.75 Å². The Kier molecular flexibility index (Phi) is 4.08. The van der Waals surface area contributed by atoms with E-state index in [0.717, 1.165) is 0 Å². The van der Waals surface area contributed by atoms with Gasteiger partial charge in [0.25, 0.3) is 0 Å². The summed E-state index contributed by atoms with van der Waals surface area (Å²) in [5, 5.41) is 0. The average molecular weight is 312 g/mol. The Morgan fingerprint density at radius 1 is 1.14 bits per heavy atom. The fraction of sp³-hybridized carbons (Fsp3) is 0.600.